The van der Waals surface area contributed by atoms with Crippen molar-refractivity contribution in [3.8, 4) is 0 Å². The van der Waals surface area contributed by atoms with Crippen LogP contribution >= 0.6 is 11.6 Å². The van der Waals surface area contributed by atoms with Crippen molar-refractivity contribution in [2.75, 3.05) is 0 Å². The third-order valence-electron chi connectivity index (χ3n) is 4.80. The van der Waals surface area contributed by atoms with Crippen molar-refractivity contribution in [1.82, 2.24) is 0 Å². The van der Waals surface area contributed by atoms with Crippen LogP contribution in [0.3, 0.4) is 0 Å². The second kappa shape index (κ2) is 8.49. The molecular weight excluding hydrogens is 326 g/mol. The van der Waals surface area contributed by atoms with Gasteiger partial charge in [-0.1, -0.05) is 74.7 Å². The van der Waals surface area contributed by atoms with Crippen LogP contribution in [0.1, 0.15) is 63.5 Å². The van der Waals surface area contributed by atoms with E-state index in [4.69, 9.17) is 16.6 Å². The smallest absolute Gasteiger partial charge is 0.0823 e. The maximum atomic E-state index is 6.38. The van der Waals surface area contributed by atoms with E-state index in [0.29, 0.717) is 5.02 Å². The summed E-state index contributed by atoms with van der Waals surface area (Å²) in [4.78, 5) is 5.02. The molecule has 0 spiro atoms. The zero-order valence-electron chi connectivity index (χ0n) is 15.2. The molecule has 0 unspecified atom stereocenters. The molecule has 1 aliphatic rings. The number of halogens is 1. The van der Waals surface area contributed by atoms with E-state index < -0.39 is 0 Å². The molecule has 0 saturated carbocycles. The molecule has 0 saturated heterocycles. The van der Waals surface area contributed by atoms with Crippen LogP contribution < -0.4 is 0 Å². The van der Waals surface area contributed by atoms with Crippen molar-refractivity contribution in [2.24, 2.45) is 4.99 Å². The predicted octanol–water partition coefficient (Wildman–Crippen LogP) is 7.61. The van der Waals surface area contributed by atoms with Gasteiger partial charge >= 0.3 is 0 Å². The maximum Gasteiger partial charge on any atom is 0.0823 e. The molecule has 25 heavy (non-hydrogen) atoms. The van der Waals surface area contributed by atoms with Crippen molar-refractivity contribution in [1.29, 1.82) is 0 Å². The Kier molecular flexibility index (Phi) is 6.09. The van der Waals surface area contributed by atoms with Gasteiger partial charge < -0.3 is 0 Å². The number of fused-ring (bicyclic) bond motifs is 1. The van der Waals surface area contributed by atoms with E-state index in [2.05, 4.69) is 38.1 Å². The molecular formula is C23H26ClN. The van der Waals surface area contributed by atoms with E-state index in [1.54, 1.807) is 0 Å². The Morgan fingerprint density at radius 2 is 1.36 bits per heavy atom. The number of aliphatic imine (C=N–C) groups is 1. The maximum absolute atomic E-state index is 6.38. The molecule has 2 aromatic rings. The summed E-state index contributed by atoms with van der Waals surface area (Å²) in [5, 5.41) is 0.712. The summed E-state index contributed by atoms with van der Waals surface area (Å²) >= 11 is 6.38. The van der Waals surface area contributed by atoms with E-state index in [0.717, 1.165) is 24.2 Å². The highest BCUT2D eigenvalue weighted by Crippen LogP contribution is 2.40. The van der Waals surface area contributed by atoms with Gasteiger partial charge in [-0.05, 0) is 54.5 Å². The normalized spacial score (nSPS) is 15.1. The van der Waals surface area contributed by atoms with Crippen molar-refractivity contribution < 1.29 is 0 Å². The van der Waals surface area contributed by atoms with Gasteiger partial charge in [-0.2, -0.15) is 0 Å². The zero-order valence-corrected chi connectivity index (χ0v) is 15.9. The third kappa shape index (κ3) is 3.88. The van der Waals surface area contributed by atoms with Crippen LogP contribution in [0.5, 0.6) is 0 Å². The Balaban J connectivity index is 2.13. The SMILES string of the molecule is CCCCC1=C(CCCC)c2ccccc2C1=Nc1ccccc1Cl. The number of rotatable bonds is 7. The number of benzene rings is 2. The minimum atomic E-state index is 0.712. The van der Waals surface area contributed by atoms with Crippen molar-refractivity contribution in [3.05, 3.63) is 70.3 Å². The summed E-state index contributed by atoms with van der Waals surface area (Å²) < 4.78 is 0. The lowest BCUT2D eigenvalue weighted by Gasteiger charge is -2.09. The molecule has 0 aromatic heterocycles. The standard InChI is InChI=1S/C23H26ClN/c1-3-5-11-17-18-13-7-8-14-20(18)23(19(17)12-6-4-2)25-22-16-10-9-15-21(22)24/h7-10,13-16H,3-6,11-12H2,1-2H3. The van der Waals surface area contributed by atoms with E-state index >= 15 is 0 Å². The summed E-state index contributed by atoms with van der Waals surface area (Å²) in [6.45, 7) is 4.51. The molecule has 1 nitrogen and oxygen atoms in total. The Morgan fingerprint density at radius 1 is 0.760 bits per heavy atom. The third-order valence-corrected chi connectivity index (χ3v) is 5.12. The second-order valence-electron chi connectivity index (χ2n) is 6.62. The quantitative estimate of drug-likeness (QED) is 0.486. The number of hydrogen-bond acceptors (Lipinski definition) is 1. The fraction of sp³-hybridized carbons (Fsp3) is 0.348. The molecule has 2 heteroatoms. The summed E-state index contributed by atoms with van der Waals surface area (Å²) in [5.74, 6) is 0. The lowest BCUT2D eigenvalue weighted by molar-refractivity contribution is 0.792. The van der Waals surface area contributed by atoms with Crippen LogP contribution in [0.15, 0.2) is 59.1 Å². The molecule has 1 aliphatic carbocycles. The Labute approximate surface area is 156 Å². The topological polar surface area (TPSA) is 12.4 Å². The monoisotopic (exact) mass is 351 g/mol. The van der Waals surface area contributed by atoms with Crippen LogP contribution in [-0.2, 0) is 0 Å². The van der Waals surface area contributed by atoms with E-state index in [-0.39, 0.29) is 0 Å². The lowest BCUT2D eigenvalue weighted by Crippen LogP contribution is -2.01. The fourth-order valence-corrected chi connectivity index (χ4v) is 3.65. The van der Waals surface area contributed by atoms with Crippen molar-refractivity contribution >= 4 is 28.6 Å². The molecule has 0 aliphatic heterocycles. The van der Waals surface area contributed by atoms with Gasteiger partial charge in [-0.25, -0.2) is 4.99 Å². The Hall–Kier alpha value is -1.86. The molecule has 0 atom stereocenters. The van der Waals surface area contributed by atoms with Crippen LogP contribution in [-0.4, -0.2) is 5.71 Å². The van der Waals surface area contributed by atoms with Crippen molar-refractivity contribution in [3.63, 3.8) is 0 Å². The van der Waals surface area contributed by atoms with Gasteiger partial charge in [0.15, 0.2) is 0 Å². The highest BCUT2D eigenvalue weighted by molar-refractivity contribution is 6.33. The zero-order chi connectivity index (χ0) is 17.6. The predicted molar refractivity (Wildman–Crippen MR) is 110 cm³/mol. The van der Waals surface area contributed by atoms with Crippen LogP contribution in [0.2, 0.25) is 5.02 Å². The molecule has 0 heterocycles. The number of nitrogens with zero attached hydrogens (tertiary/aromatic N) is 1. The largest absolute Gasteiger partial charge is 0.247 e. The average molecular weight is 352 g/mol. The number of unbranched alkanes of at least 4 members (excludes halogenated alkanes) is 2. The van der Waals surface area contributed by atoms with Crippen LogP contribution in [0.25, 0.3) is 5.57 Å². The molecule has 2 aromatic carbocycles. The molecule has 0 N–H and O–H groups in total. The Morgan fingerprint density at radius 3 is 2.04 bits per heavy atom. The van der Waals surface area contributed by atoms with Gasteiger partial charge in [-0.3, -0.25) is 0 Å². The summed E-state index contributed by atoms with van der Waals surface area (Å²) in [6.07, 6.45) is 7.05. The summed E-state index contributed by atoms with van der Waals surface area (Å²) in [5.41, 5.74) is 7.54. The summed E-state index contributed by atoms with van der Waals surface area (Å²) in [7, 11) is 0. The van der Waals surface area contributed by atoms with Gasteiger partial charge in [-0.15, -0.1) is 0 Å². The first kappa shape index (κ1) is 17.9. The lowest BCUT2D eigenvalue weighted by atomic mass is 9.97. The average Bonchev–Trinajstić information content (AvgIpc) is 2.93. The highest BCUT2D eigenvalue weighted by atomic mass is 35.5. The van der Waals surface area contributed by atoms with Gasteiger partial charge in [0.2, 0.25) is 0 Å². The Bertz CT molecular complexity index is 801. The minimum absolute atomic E-state index is 0.712. The molecule has 0 bridgehead atoms. The first-order valence-electron chi connectivity index (χ1n) is 9.41. The van der Waals surface area contributed by atoms with E-state index in [1.165, 1.54) is 48.0 Å². The number of para-hydroxylation sites is 1. The van der Waals surface area contributed by atoms with Gasteiger partial charge in [0.25, 0.3) is 0 Å². The molecule has 0 fully saturated rings. The highest BCUT2D eigenvalue weighted by Gasteiger charge is 2.26. The summed E-state index contributed by atoms with van der Waals surface area (Å²) in [6, 6.07) is 16.6. The first-order valence-corrected chi connectivity index (χ1v) is 9.79. The van der Waals surface area contributed by atoms with Gasteiger partial charge in [0.05, 0.1) is 16.4 Å². The molecule has 0 amide bonds. The van der Waals surface area contributed by atoms with E-state index in [9.17, 15) is 0 Å². The van der Waals surface area contributed by atoms with Crippen LogP contribution in [0, 0.1) is 0 Å². The molecule has 130 valence electrons. The minimum Gasteiger partial charge on any atom is -0.247 e. The van der Waals surface area contributed by atoms with Gasteiger partial charge in [0.1, 0.15) is 0 Å². The van der Waals surface area contributed by atoms with Crippen LogP contribution in [0.4, 0.5) is 5.69 Å². The van der Waals surface area contributed by atoms with Gasteiger partial charge in [0, 0.05) is 5.56 Å². The number of allylic oxidation sites excluding steroid dienone is 2. The first-order chi connectivity index (χ1) is 12.3. The fourth-order valence-electron chi connectivity index (χ4n) is 3.47. The molecule has 0 radical (unpaired) electrons. The van der Waals surface area contributed by atoms with Crippen molar-refractivity contribution in [2.45, 2.75) is 52.4 Å². The molecule has 3 rings (SSSR count). The van der Waals surface area contributed by atoms with E-state index in [1.807, 2.05) is 24.3 Å². The number of hydrogen-bond donors (Lipinski definition) is 0. The second-order valence-corrected chi connectivity index (χ2v) is 7.03.